The van der Waals surface area contributed by atoms with Crippen LogP contribution in [-0.4, -0.2) is 16.4 Å². The van der Waals surface area contributed by atoms with Gasteiger partial charge < -0.3 is 0 Å². The number of rotatable bonds is 7. The number of unbranched alkanes of at least 4 members (excludes halogenated alkanes) is 1. The van der Waals surface area contributed by atoms with E-state index in [1.807, 2.05) is 23.3 Å². The number of carbonyl (C=O) groups is 1. The number of carbonyl (C=O) groups excluding carboxylic acids is 1. The number of hydrogen-bond acceptors (Lipinski definition) is 3. The summed E-state index contributed by atoms with van der Waals surface area (Å²) in [5.74, 6) is 0.369. The molecule has 0 spiro atoms. The molecule has 0 N–H and O–H groups in total. The van der Waals surface area contributed by atoms with Gasteiger partial charge in [-0.3, -0.25) is 9.63 Å². The Morgan fingerprint density at radius 2 is 1.95 bits per heavy atom. The number of benzene rings is 1. The number of hydrogen-bond donors (Lipinski definition) is 0. The van der Waals surface area contributed by atoms with Crippen molar-refractivity contribution in [3.05, 3.63) is 35.9 Å². The van der Waals surface area contributed by atoms with Crippen molar-refractivity contribution in [2.75, 3.05) is 0 Å². The molecule has 0 bridgehead atoms. The number of ketones is 1. The molecule has 0 aromatic heterocycles. The van der Waals surface area contributed by atoms with Gasteiger partial charge in [0.1, 0.15) is 5.54 Å². The first-order valence-electron chi connectivity index (χ1n) is 8.28. The third-order valence-corrected chi connectivity index (χ3v) is 4.97. The fourth-order valence-electron chi connectivity index (χ4n) is 3.75. The Kier molecular flexibility index (Phi) is 3.89. The minimum Gasteiger partial charge on any atom is -0.298 e. The lowest BCUT2D eigenvalue weighted by Gasteiger charge is -2.28. The molecule has 0 saturated carbocycles. The van der Waals surface area contributed by atoms with Gasteiger partial charge in [-0.25, -0.2) is 0 Å². The lowest BCUT2D eigenvalue weighted by molar-refractivity contribution is -0.132. The van der Waals surface area contributed by atoms with Gasteiger partial charge in [-0.05, 0) is 19.3 Å². The van der Waals surface area contributed by atoms with Crippen LogP contribution in [0.4, 0.5) is 0 Å². The van der Waals surface area contributed by atoms with Gasteiger partial charge in [0.05, 0.1) is 0 Å². The molecule has 0 amide bonds. The fourth-order valence-corrected chi connectivity index (χ4v) is 3.75. The van der Waals surface area contributed by atoms with E-state index in [1.54, 1.807) is 0 Å². The summed E-state index contributed by atoms with van der Waals surface area (Å²) in [6.07, 6.45) is 6.56. The summed E-state index contributed by atoms with van der Waals surface area (Å²) in [4.78, 5) is 18.8. The normalized spacial score (nSPS) is 33.7. The maximum Gasteiger partial charge on any atom is 0.191 e. The lowest BCUT2D eigenvalue weighted by Crippen LogP contribution is -2.44. The Hall–Kier alpha value is -1.19. The molecule has 0 radical (unpaired) electrons. The average Bonchev–Trinajstić information content (AvgIpc) is 3.18. The van der Waals surface area contributed by atoms with Crippen molar-refractivity contribution in [3.63, 3.8) is 0 Å². The minimum absolute atomic E-state index is 0.321. The number of Topliss-reactive ketones (excluding diaryl/α,β-unsaturated/α-hetero) is 1. The Morgan fingerprint density at radius 1 is 1.19 bits per heavy atom. The van der Waals surface area contributed by atoms with Crippen molar-refractivity contribution < 1.29 is 9.63 Å². The van der Waals surface area contributed by atoms with Crippen molar-refractivity contribution in [1.82, 2.24) is 5.06 Å². The highest BCUT2D eigenvalue weighted by atomic mass is 16.9. The molecule has 2 saturated heterocycles. The highest BCUT2D eigenvalue weighted by Crippen LogP contribution is 2.62. The Labute approximate surface area is 127 Å². The van der Waals surface area contributed by atoms with Crippen molar-refractivity contribution in [1.29, 1.82) is 0 Å². The molecule has 1 aromatic rings. The summed E-state index contributed by atoms with van der Waals surface area (Å²) >= 11 is 0. The first-order chi connectivity index (χ1) is 10.2. The predicted octanol–water partition coefficient (Wildman–Crippen LogP) is 4.18. The molecule has 2 fully saturated rings. The average molecular weight is 287 g/mol. The molecule has 2 aliphatic rings. The first-order valence-corrected chi connectivity index (χ1v) is 8.28. The SMILES string of the molecule is CCCC[C@]1(C(=O)CCC)CC[C@@]2(c3ccccc3)ON12. The molecule has 3 atom stereocenters. The molecule has 2 heterocycles. The zero-order valence-corrected chi connectivity index (χ0v) is 13.1. The van der Waals surface area contributed by atoms with Crippen molar-refractivity contribution in [3.8, 4) is 0 Å². The largest absolute Gasteiger partial charge is 0.298 e. The van der Waals surface area contributed by atoms with Crippen LogP contribution < -0.4 is 0 Å². The van der Waals surface area contributed by atoms with E-state index in [4.69, 9.17) is 4.84 Å². The lowest BCUT2D eigenvalue weighted by atomic mass is 9.84. The summed E-state index contributed by atoms with van der Waals surface area (Å²) in [5, 5.41) is 2.03. The molecular weight excluding hydrogens is 262 g/mol. The third-order valence-electron chi connectivity index (χ3n) is 4.97. The summed E-state index contributed by atoms with van der Waals surface area (Å²) in [6.45, 7) is 4.26. The standard InChI is InChI=1S/C18H25NO2/c1-3-5-12-17(16(20)9-4-2)13-14-18(19(17)21-18)15-10-7-6-8-11-15/h6-8,10-11H,3-5,9,12-14H2,1-2H3/t17-,18+,19?/m1/s1. The van der Waals surface area contributed by atoms with Gasteiger partial charge in [0.25, 0.3) is 0 Å². The van der Waals surface area contributed by atoms with Crippen molar-refractivity contribution >= 4 is 5.78 Å². The Balaban J connectivity index is 1.86. The van der Waals surface area contributed by atoms with Crippen LogP contribution in [0.5, 0.6) is 0 Å². The van der Waals surface area contributed by atoms with Crippen LogP contribution in [0.15, 0.2) is 30.3 Å². The highest BCUT2D eigenvalue weighted by Gasteiger charge is 2.71. The van der Waals surface area contributed by atoms with E-state index >= 15 is 0 Å². The van der Waals surface area contributed by atoms with E-state index in [2.05, 4.69) is 26.0 Å². The number of fused-ring (bicyclic) bond motifs is 1. The van der Waals surface area contributed by atoms with Crippen LogP contribution in [0, 0.1) is 0 Å². The van der Waals surface area contributed by atoms with Gasteiger partial charge in [-0.2, -0.15) is 0 Å². The van der Waals surface area contributed by atoms with Gasteiger partial charge in [0.15, 0.2) is 11.5 Å². The number of nitrogens with zero attached hydrogens (tertiary/aromatic N) is 1. The third kappa shape index (κ3) is 2.23. The predicted molar refractivity (Wildman–Crippen MR) is 82.4 cm³/mol. The number of hydroxylamine groups is 2. The van der Waals surface area contributed by atoms with Gasteiger partial charge in [0, 0.05) is 18.4 Å². The van der Waals surface area contributed by atoms with Gasteiger partial charge >= 0.3 is 0 Å². The van der Waals surface area contributed by atoms with E-state index in [-0.39, 0.29) is 11.3 Å². The summed E-state index contributed by atoms with van der Waals surface area (Å²) in [7, 11) is 0. The van der Waals surface area contributed by atoms with E-state index in [0.29, 0.717) is 12.2 Å². The first kappa shape index (κ1) is 14.7. The molecule has 1 aromatic carbocycles. The van der Waals surface area contributed by atoms with E-state index in [0.717, 1.165) is 38.5 Å². The molecule has 21 heavy (non-hydrogen) atoms. The van der Waals surface area contributed by atoms with Crippen LogP contribution >= 0.6 is 0 Å². The fraction of sp³-hybridized carbons (Fsp3) is 0.611. The Bertz CT molecular complexity index is 515. The van der Waals surface area contributed by atoms with E-state index in [9.17, 15) is 4.79 Å². The second-order valence-corrected chi connectivity index (χ2v) is 6.34. The molecule has 0 aliphatic carbocycles. The minimum atomic E-state index is -0.373. The second-order valence-electron chi connectivity index (χ2n) is 6.34. The zero-order valence-electron chi connectivity index (χ0n) is 13.1. The monoisotopic (exact) mass is 287 g/mol. The highest BCUT2D eigenvalue weighted by molar-refractivity contribution is 5.89. The summed E-state index contributed by atoms with van der Waals surface area (Å²) in [5.41, 5.74) is 0.493. The Morgan fingerprint density at radius 3 is 2.57 bits per heavy atom. The molecule has 3 heteroatoms. The van der Waals surface area contributed by atoms with E-state index < -0.39 is 0 Å². The van der Waals surface area contributed by atoms with Crippen LogP contribution in [0.1, 0.15) is 64.4 Å². The molecular formula is C18H25NO2. The van der Waals surface area contributed by atoms with Crippen LogP contribution in [0.2, 0.25) is 0 Å². The van der Waals surface area contributed by atoms with Gasteiger partial charge in [-0.15, -0.1) is 5.06 Å². The topological polar surface area (TPSA) is 32.6 Å². The zero-order chi connectivity index (χ0) is 14.9. The van der Waals surface area contributed by atoms with Gasteiger partial charge in [-0.1, -0.05) is 57.0 Å². The summed E-state index contributed by atoms with van der Waals surface area (Å²) < 4.78 is 0. The van der Waals surface area contributed by atoms with Crippen LogP contribution in [0.25, 0.3) is 0 Å². The van der Waals surface area contributed by atoms with Crippen LogP contribution in [0.3, 0.4) is 0 Å². The molecule has 2 aliphatic heterocycles. The summed E-state index contributed by atoms with van der Waals surface area (Å²) in [6, 6.07) is 10.3. The molecule has 114 valence electrons. The quantitative estimate of drug-likeness (QED) is 0.705. The smallest absolute Gasteiger partial charge is 0.191 e. The van der Waals surface area contributed by atoms with Crippen molar-refractivity contribution in [2.24, 2.45) is 0 Å². The van der Waals surface area contributed by atoms with Gasteiger partial charge in [0.2, 0.25) is 0 Å². The second kappa shape index (κ2) is 5.54. The van der Waals surface area contributed by atoms with E-state index in [1.165, 1.54) is 5.56 Å². The molecule has 1 unspecified atom stereocenters. The maximum absolute atomic E-state index is 12.8. The molecule has 3 nitrogen and oxygen atoms in total. The van der Waals surface area contributed by atoms with Crippen LogP contribution in [-0.2, 0) is 15.4 Å². The van der Waals surface area contributed by atoms with Crippen molar-refractivity contribution in [2.45, 2.75) is 70.1 Å². The maximum atomic E-state index is 12.8. The molecule has 3 rings (SSSR count).